The lowest BCUT2D eigenvalue weighted by Crippen LogP contribution is -2.46. The number of nitrogens with one attached hydrogen (secondary N) is 1. The second-order valence-corrected chi connectivity index (χ2v) is 8.09. The van der Waals surface area contributed by atoms with E-state index in [1.807, 2.05) is 53.9 Å². The number of halogens is 1. The van der Waals surface area contributed by atoms with Gasteiger partial charge in [0.2, 0.25) is 0 Å². The highest BCUT2D eigenvalue weighted by Gasteiger charge is 2.26. The topological polar surface area (TPSA) is 50.2 Å². The molecule has 1 atom stereocenters. The van der Waals surface area contributed by atoms with E-state index in [1.54, 1.807) is 0 Å². The molecule has 1 fully saturated rings. The van der Waals surface area contributed by atoms with Gasteiger partial charge >= 0.3 is 0 Å². The predicted molar refractivity (Wildman–Crippen MR) is 107 cm³/mol. The molecule has 2 aromatic heterocycles. The number of rotatable bonds is 3. The van der Waals surface area contributed by atoms with E-state index in [0.29, 0.717) is 11.1 Å². The van der Waals surface area contributed by atoms with Gasteiger partial charge in [0.05, 0.1) is 21.3 Å². The number of carbonyl (C=O) groups excluding carboxylic acids is 1. The average molecular weight is 389 g/mol. The zero-order valence-corrected chi connectivity index (χ0v) is 16.4. The Morgan fingerprint density at radius 3 is 2.96 bits per heavy atom. The molecule has 3 aromatic rings. The van der Waals surface area contributed by atoms with Crippen LogP contribution in [0.1, 0.15) is 28.2 Å². The summed E-state index contributed by atoms with van der Waals surface area (Å²) >= 11 is 7.84. The quantitative estimate of drug-likeness (QED) is 0.740. The Bertz CT molecular complexity index is 964. The third kappa shape index (κ3) is 3.02. The van der Waals surface area contributed by atoms with E-state index in [9.17, 15) is 4.79 Å². The molecule has 1 aliphatic heterocycles. The maximum Gasteiger partial charge on any atom is 0.264 e. The molecule has 0 bridgehead atoms. The number of thiophene rings is 1. The van der Waals surface area contributed by atoms with Gasteiger partial charge in [-0.05, 0) is 45.0 Å². The van der Waals surface area contributed by atoms with Gasteiger partial charge in [-0.2, -0.15) is 5.10 Å². The zero-order valence-electron chi connectivity index (χ0n) is 14.8. The summed E-state index contributed by atoms with van der Waals surface area (Å²) in [5, 5.41) is 9.57. The van der Waals surface area contributed by atoms with Gasteiger partial charge in [0.1, 0.15) is 4.83 Å². The summed E-state index contributed by atoms with van der Waals surface area (Å²) in [5.74, 6) is 0.108. The number of aryl methyl sites for hydroxylation is 1. The van der Waals surface area contributed by atoms with Gasteiger partial charge < -0.3 is 10.2 Å². The number of amides is 1. The van der Waals surface area contributed by atoms with E-state index in [2.05, 4.69) is 10.4 Å². The molecule has 1 saturated heterocycles. The number of likely N-dealkylation sites (tertiary alicyclic amines) is 1. The van der Waals surface area contributed by atoms with Crippen molar-refractivity contribution in [2.24, 2.45) is 0 Å². The maximum absolute atomic E-state index is 13.0. The molecule has 1 aromatic carbocycles. The fraction of sp³-hybridized carbons (Fsp3) is 0.368. The monoisotopic (exact) mass is 388 g/mol. The first-order valence-electron chi connectivity index (χ1n) is 8.79. The van der Waals surface area contributed by atoms with Crippen molar-refractivity contribution in [2.45, 2.75) is 25.8 Å². The Labute approximate surface area is 161 Å². The summed E-state index contributed by atoms with van der Waals surface area (Å²) in [4.78, 5) is 16.7. The van der Waals surface area contributed by atoms with Crippen molar-refractivity contribution in [1.29, 1.82) is 0 Å². The maximum atomic E-state index is 13.0. The first-order valence-corrected chi connectivity index (χ1v) is 9.98. The van der Waals surface area contributed by atoms with E-state index in [4.69, 9.17) is 11.6 Å². The molecule has 1 aliphatic rings. The van der Waals surface area contributed by atoms with Crippen molar-refractivity contribution < 1.29 is 4.79 Å². The number of nitrogens with zero attached hydrogens (tertiary/aromatic N) is 3. The minimum Gasteiger partial charge on any atom is -0.336 e. The van der Waals surface area contributed by atoms with Gasteiger partial charge in [-0.1, -0.05) is 23.7 Å². The molecule has 0 spiro atoms. The normalized spacial score (nSPS) is 17.8. The third-order valence-electron chi connectivity index (χ3n) is 4.95. The minimum atomic E-state index is 0.108. The lowest BCUT2D eigenvalue weighted by molar-refractivity contribution is 0.0703. The van der Waals surface area contributed by atoms with Gasteiger partial charge in [-0.25, -0.2) is 4.68 Å². The largest absolute Gasteiger partial charge is 0.336 e. The van der Waals surface area contributed by atoms with E-state index in [1.165, 1.54) is 11.3 Å². The van der Waals surface area contributed by atoms with E-state index in [-0.39, 0.29) is 5.91 Å². The second-order valence-electron chi connectivity index (χ2n) is 6.66. The molecule has 26 heavy (non-hydrogen) atoms. The van der Waals surface area contributed by atoms with E-state index in [0.717, 1.165) is 52.4 Å². The van der Waals surface area contributed by atoms with Crippen LogP contribution >= 0.6 is 22.9 Å². The highest BCUT2D eigenvalue weighted by molar-refractivity contribution is 7.20. The molecule has 5 nitrogen and oxygen atoms in total. The molecule has 1 amide bonds. The van der Waals surface area contributed by atoms with Gasteiger partial charge in [0, 0.05) is 24.5 Å². The van der Waals surface area contributed by atoms with Crippen LogP contribution in [-0.2, 0) is 0 Å². The molecule has 4 rings (SSSR count). The Balaban J connectivity index is 1.71. The minimum absolute atomic E-state index is 0.108. The van der Waals surface area contributed by atoms with Crippen LogP contribution < -0.4 is 5.32 Å². The molecule has 1 unspecified atom stereocenters. The molecule has 136 valence electrons. The fourth-order valence-corrected chi connectivity index (χ4v) is 4.85. The summed E-state index contributed by atoms with van der Waals surface area (Å²) in [6.07, 6.45) is 2.15. The van der Waals surface area contributed by atoms with Gasteiger partial charge in [0.15, 0.2) is 0 Å². The molecule has 3 heterocycles. The van der Waals surface area contributed by atoms with Crippen LogP contribution in [0, 0.1) is 6.92 Å². The Kier molecular flexibility index (Phi) is 4.73. The van der Waals surface area contributed by atoms with E-state index < -0.39 is 0 Å². The number of likely N-dealkylation sites (N-methyl/N-ethyl adjacent to an activating group) is 1. The Morgan fingerprint density at radius 2 is 2.19 bits per heavy atom. The standard InChI is InChI=1S/C19H21ClN4OS/c1-12-14-10-17(18(25)23-9-5-6-13(11-23)21-2)26-19(14)24(22-12)16-8-4-3-7-15(16)20/h3-4,7-8,10,13,21H,5-6,9,11H2,1-2H3. The number of carbonyl (C=O) groups is 1. The lowest BCUT2D eigenvalue weighted by atomic mass is 10.1. The van der Waals surface area contributed by atoms with Crippen LogP contribution in [0.4, 0.5) is 0 Å². The Hall–Kier alpha value is -1.89. The molecule has 0 radical (unpaired) electrons. The molecule has 0 aliphatic carbocycles. The molecule has 1 N–H and O–H groups in total. The fourth-order valence-electron chi connectivity index (χ4n) is 3.49. The third-order valence-corrected chi connectivity index (χ3v) is 6.37. The van der Waals surface area contributed by atoms with Crippen LogP contribution in [0.25, 0.3) is 15.9 Å². The lowest BCUT2D eigenvalue weighted by Gasteiger charge is -2.32. The van der Waals surface area contributed by atoms with Crippen LogP contribution in [0.15, 0.2) is 30.3 Å². The number of aromatic nitrogens is 2. The smallest absolute Gasteiger partial charge is 0.264 e. The molecular weight excluding hydrogens is 368 g/mol. The van der Waals surface area contributed by atoms with Gasteiger partial charge in [-0.15, -0.1) is 11.3 Å². The summed E-state index contributed by atoms with van der Waals surface area (Å²) in [6.45, 7) is 3.55. The van der Waals surface area contributed by atoms with Crippen LogP contribution in [0.5, 0.6) is 0 Å². The number of hydrogen-bond donors (Lipinski definition) is 1. The summed E-state index contributed by atoms with van der Waals surface area (Å²) in [7, 11) is 1.96. The highest BCUT2D eigenvalue weighted by atomic mass is 35.5. The predicted octanol–water partition coefficient (Wildman–Crippen LogP) is 3.87. The molecule has 7 heteroatoms. The SMILES string of the molecule is CNC1CCCN(C(=O)c2cc3c(C)nn(-c4ccccc4Cl)c3s2)C1. The Morgan fingerprint density at radius 1 is 1.38 bits per heavy atom. The van der Waals surface area contributed by atoms with Crippen LogP contribution in [-0.4, -0.2) is 46.8 Å². The number of para-hydroxylation sites is 1. The average Bonchev–Trinajstić information content (AvgIpc) is 3.22. The number of benzene rings is 1. The first-order chi connectivity index (χ1) is 12.6. The van der Waals surface area contributed by atoms with Crippen LogP contribution in [0.2, 0.25) is 5.02 Å². The van der Waals surface area contributed by atoms with Crippen molar-refractivity contribution >= 4 is 39.1 Å². The van der Waals surface area contributed by atoms with Crippen molar-refractivity contribution in [2.75, 3.05) is 20.1 Å². The second kappa shape index (κ2) is 7.02. The summed E-state index contributed by atoms with van der Waals surface area (Å²) in [6, 6.07) is 9.98. The van der Waals surface area contributed by atoms with E-state index >= 15 is 0 Å². The molecular formula is C19H21ClN4OS. The zero-order chi connectivity index (χ0) is 18.3. The first kappa shape index (κ1) is 17.5. The van der Waals surface area contributed by atoms with Crippen LogP contribution in [0.3, 0.4) is 0 Å². The van der Waals surface area contributed by atoms with Crippen molar-refractivity contribution in [3.05, 3.63) is 45.9 Å². The number of fused-ring (bicyclic) bond motifs is 1. The number of hydrogen-bond acceptors (Lipinski definition) is 4. The number of piperidine rings is 1. The van der Waals surface area contributed by atoms with Crippen molar-refractivity contribution in [3.8, 4) is 5.69 Å². The van der Waals surface area contributed by atoms with Gasteiger partial charge in [0.25, 0.3) is 5.91 Å². The molecule has 0 saturated carbocycles. The highest BCUT2D eigenvalue weighted by Crippen LogP contribution is 2.33. The van der Waals surface area contributed by atoms with Crippen molar-refractivity contribution in [3.63, 3.8) is 0 Å². The summed E-state index contributed by atoms with van der Waals surface area (Å²) < 4.78 is 1.85. The van der Waals surface area contributed by atoms with Gasteiger partial charge in [-0.3, -0.25) is 4.79 Å². The summed E-state index contributed by atoms with van der Waals surface area (Å²) in [5.41, 5.74) is 1.74. The van der Waals surface area contributed by atoms with Crippen molar-refractivity contribution in [1.82, 2.24) is 20.0 Å².